The molecule has 2 heterocycles. The number of nitrogens with zero attached hydrogens (tertiary/aromatic N) is 2. The summed E-state index contributed by atoms with van der Waals surface area (Å²) in [7, 11) is 0. The van der Waals surface area contributed by atoms with Gasteiger partial charge in [0, 0.05) is 38.9 Å². The molecule has 6 heteroatoms. The minimum Gasteiger partial charge on any atom is -0.397 e. The van der Waals surface area contributed by atoms with Crippen molar-refractivity contribution in [3.63, 3.8) is 0 Å². The molecule has 1 amide bonds. The lowest BCUT2D eigenvalue weighted by Crippen LogP contribution is -2.41. The number of ether oxygens (including phenoxy) is 1. The topological polar surface area (TPSA) is 72.5 Å². The van der Waals surface area contributed by atoms with Crippen molar-refractivity contribution in [3.8, 4) is 0 Å². The molecule has 2 rings (SSSR count). The maximum absolute atomic E-state index is 12.2. The number of hydrogen-bond acceptors (Lipinski definition) is 4. The highest BCUT2D eigenvalue weighted by molar-refractivity contribution is 5.97. The van der Waals surface area contributed by atoms with Gasteiger partial charge in [-0.05, 0) is 12.5 Å². The van der Waals surface area contributed by atoms with Gasteiger partial charge in [-0.3, -0.25) is 9.69 Å². The third kappa shape index (κ3) is 3.74. The highest BCUT2D eigenvalue weighted by Crippen LogP contribution is 2.13. The number of aromatic nitrogens is 1. The van der Waals surface area contributed by atoms with Gasteiger partial charge < -0.3 is 20.4 Å². The Morgan fingerprint density at radius 2 is 2.15 bits per heavy atom. The van der Waals surface area contributed by atoms with Crippen molar-refractivity contribution in [2.45, 2.75) is 19.9 Å². The number of carbonyl (C=O) groups excluding carboxylic acids is 1. The standard InChI is InChI=1S/C14H24N4O2/c1-2-5-18-6-3-12(15)13(18)14(19)16-4-7-17-8-10-20-11-9-17/h3,6H,2,4-5,7-11,15H2,1H3,(H,16,19). The van der Waals surface area contributed by atoms with Crippen molar-refractivity contribution >= 4 is 11.6 Å². The van der Waals surface area contributed by atoms with E-state index in [1.807, 2.05) is 10.8 Å². The zero-order valence-corrected chi connectivity index (χ0v) is 12.1. The molecular formula is C14H24N4O2. The van der Waals surface area contributed by atoms with Crippen molar-refractivity contribution in [3.05, 3.63) is 18.0 Å². The van der Waals surface area contributed by atoms with E-state index in [0.717, 1.165) is 45.8 Å². The van der Waals surface area contributed by atoms with E-state index in [2.05, 4.69) is 17.1 Å². The highest BCUT2D eigenvalue weighted by atomic mass is 16.5. The third-order valence-electron chi connectivity index (χ3n) is 3.49. The van der Waals surface area contributed by atoms with Crippen LogP contribution in [0, 0.1) is 0 Å². The molecule has 1 aromatic heterocycles. The average Bonchev–Trinajstić information content (AvgIpc) is 2.81. The van der Waals surface area contributed by atoms with Crippen molar-refractivity contribution in [2.75, 3.05) is 45.1 Å². The lowest BCUT2D eigenvalue weighted by Gasteiger charge is -2.26. The van der Waals surface area contributed by atoms with Crippen molar-refractivity contribution < 1.29 is 9.53 Å². The van der Waals surface area contributed by atoms with E-state index in [1.165, 1.54) is 0 Å². The first-order valence-corrected chi connectivity index (χ1v) is 7.25. The first-order chi connectivity index (χ1) is 9.72. The van der Waals surface area contributed by atoms with Crippen LogP contribution in [0.25, 0.3) is 0 Å². The lowest BCUT2D eigenvalue weighted by molar-refractivity contribution is 0.0383. The van der Waals surface area contributed by atoms with Gasteiger partial charge in [-0.25, -0.2) is 0 Å². The van der Waals surface area contributed by atoms with Gasteiger partial charge in [0.2, 0.25) is 0 Å². The van der Waals surface area contributed by atoms with Gasteiger partial charge in [-0.1, -0.05) is 6.92 Å². The fourth-order valence-electron chi connectivity index (χ4n) is 2.41. The Labute approximate surface area is 119 Å². The van der Waals surface area contributed by atoms with Crippen LogP contribution in [0.4, 0.5) is 5.69 Å². The molecule has 6 nitrogen and oxygen atoms in total. The van der Waals surface area contributed by atoms with Gasteiger partial charge in [0.25, 0.3) is 5.91 Å². The number of amides is 1. The maximum Gasteiger partial charge on any atom is 0.270 e. The third-order valence-corrected chi connectivity index (χ3v) is 3.49. The normalized spacial score (nSPS) is 16.2. The van der Waals surface area contributed by atoms with E-state index >= 15 is 0 Å². The number of nitrogens with one attached hydrogen (secondary N) is 1. The molecule has 0 radical (unpaired) electrons. The second-order valence-corrected chi connectivity index (χ2v) is 5.02. The Hall–Kier alpha value is -1.53. The van der Waals surface area contributed by atoms with Gasteiger partial charge in [-0.2, -0.15) is 0 Å². The molecule has 1 fully saturated rings. The van der Waals surface area contributed by atoms with Crippen LogP contribution in [0.2, 0.25) is 0 Å². The predicted molar refractivity (Wildman–Crippen MR) is 78.7 cm³/mol. The summed E-state index contributed by atoms with van der Waals surface area (Å²) in [5, 5.41) is 2.95. The Balaban J connectivity index is 1.83. The van der Waals surface area contributed by atoms with E-state index in [1.54, 1.807) is 6.07 Å². The number of rotatable bonds is 6. The molecule has 0 unspecified atom stereocenters. The molecule has 0 spiro atoms. The van der Waals surface area contributed by atoms with E-state index < -0.39 is 0 Å². The molecule has 1 saturated heterocycles. The fraction of sp³-hybridized carbons (Fsp3) is 0.643. The van der Waals surface area contributed by atoms with Crippen LogP contribution in [0.3, 0.4) is 0 Å². The Bertz CT molecular complexity index is 438. The Morgan fingerprint density at radius 1 is 1.40 bits per heavy atom. The van der Waals surface area contributed by atoms with Crippen LogP contribution >= 0.6 is 0 Å². The van der Waals surface area contributed by atoms with Crippen molar-refractivity contribution in [1.82, 2.24) is 14.8 Å². The number of carbonyl (C=O) groups is 1. The predicted octanol–water partition coefficient (Wildman–Crippen LogP) is 0.542. The number of morpholine rings is 1. The monoisotopic (exact) mass is 280 g/mol. The quantitative estimate of drug-likeness (QED) is 0.798. The molecule has 112 valence electrons. The minimum absolute atomic E-state index is 0.0887. The number of nitrogen functional groups attached to an aromatic ring is 1. The van der Waals surface area contributed by atoms with Gasteiger partial charge >= 0.3 is 0 Å². The summed E-state index contributed by atoms with van der Waals surface area (Å²) in [5.41, 5.74) is 7.00. The van der Waals surface area contributed by atoms with E-state index in [4.69, 9.17) is 10.5 Å². The summed E-state index contributed by atoms with van der Waals surface area (Å²) in [6.07, 6.45) is 2.85. The van der Waals surface area contributed by atoms with Crippen LogP contribution in [0.5, 0.6) is 0 Å². The highest BCUT2D eigenvalue weighted by Gasteiger charge is 2.15. The molecule has 0 aromatic carbocycles. The molecule has 0 saturated carbocycles. The van der Waals surface area contributed by atoms with Crippen molar-refractivity contribution in [1.29, 1.82) is 0 Å². The lowest BCUT2D eigenvalue weighted by atomic mass is 10.3. The van der Waals surface area contributed by atoms with Crippen LogP contribution < -0.4 is 11.1 Å². The molecule has 1 aliphatic heterocycles. The maximum atomic E-state index is 12.2. The van der Waals surface area contributed by atoms with E-state index in [9.17, 15) is 4.79 Å². The number of hydrogen-bond donors (Lipinski definition) is 2. The van der Waals surface area contributed by atoms with Gasteiger partial charge in [0.1, 0.15) is 5.69 Å². The molecule has 20 heavy (non-hydrogen) atoms. The van der Waals surface area contributed by atoms with Crippen LogP contribution in [0.15, 0.2) is 12.3 Å². The van der Waals surface area contributed by atoms with Gasteiger partial charge in [0.05, 0.1) is 18.9 Å². The average molecular weight is 280 g/mol. The summed E-state index contributed by atoms with van der Waals surface area (Å²) in [6.45, 7) is 7.80. The van der Waals surface area contributed by atoms with E-state index in [0.29, 0.717) is 17.9 Å². The first kappa shape index (κ1) is 14.9. The van der Waals surface area contributed by atoms with Crippen LogP contribution in [-0.4, -0.2) is 54.8 Å². The molecule has 1 aromatic rings. The van der Waals surface area contributed by atoms with Crippen LogP contribution in [-0.2, 0) is 11.3 Å². The second-order valence-electron chi connectivity index (χ2n) is 5.02. The fourth-order valence-corrected chi connectivity index (χ4v) is 2.41. The smallest absolute Gasteiger partial charge is 0.270 e. The second kappa shape index (κ2) is 7.31. The largest absolute Gasteiger partial charge is 0.397 e. The molecular weight excluding hydrogens is 256 g/mol. The SMILES string of the molecule is CCCn1ccc(N)c1C(=O)NCCN1CCOCC1. The zero-order valence-electron chi connectivity index (χ0n) is 12.1. The Morgan fingerprint density at radius 3 is 2.85 bits per heavy atom. The summed E-state index contributed by atoms with van der Waals surface area (Å²) in [5.74, 6) is -0.0887. The molecule has 3 N–H and O–H groups in total. The number of aryl methyl sites for hydroxylation is 1. The summed E-state index contributed by atoms with van der Waals surface area (Å²) < 4.78 is 7.21. The summed E-state index contributed by atoms with van der Waals surface area (Å²) in [6, 6.07) is 1.78. The number of anilines is 1. The number of nitrogens with two attached hydrogens (primary N) is 1. The molecule has 0 atom stereocenters. The summed E-state index contributed by atoms with van der Waals surface area (Å²) >= 11 is 0. The zero-order chi connectivity index (χ0) is 14.4. The molecule has 0 bridgehead atoms. The van der Waals surface area contributed by atoms with Crippen LogP contribution in [0.1, 0.15) is 23.8 Å². The first-order valence-electron chi connectivity index (χ1n) is 7.25. The van der Waals surface area contributed by atoms with Crippen molar-refractivity contribution in [2.24, 2.45) is 0 Å². The van der Waals surface area contributed by atoms with Gasteiger partial charge in [0.15, 0.2) is 0 Å². The van der Waals surface area contributed by atoms with Gasteiger partial charge in [-0.15, -0.1) is 0 Å². The minimum atomic E-state index is -0.0887. The molecule has 1 aliphatic rings. The Kier molecular flexibility index (Phi) is 5.43. The van der Waals surface area contributed by atoms with E-state index in [-0.39, 0.29) is 5.91 Å². The molecule has 0 aliphatic carbocycles. The summed E-state index contributed by atoms with van der Waals surface area (Å²) in [4.78, 5) is 14.5.